The number of rotatable bonds is 4. The molecule has 0 radical (unpaired) electrons. The third-order valence-electron chi connectivity index (χ3n) is 3.10. The smallest absolute Gasteiger partial charge is 0.0536 e. The van der Waals surface area contributed by atoms with Gasteiger partial charge in [-0.25, -0.2) is 0 Å². The first kappa shape index (κ1) is 11.1. The number of alkyl halides is 1. The molecule has 1 aliphatic heterocycles. The number of hydrogen-bond donors (Lipinski definition) is 0. The SMILES string of the molecule is BrCC1CCCCN1CCn1cccn1. The van der Waals surface area contributed by atoms with Gasteiger partial charge in [0, 0.05) is 30.3 Å². The van der Waals surface area contributed by atoms with E-state index in [0.717, 1.165) is 24.5 Å². The van der Waals surface area contributed by atoms with Crippen molar-refractivity contribution in [1.82, 2.24) is 14.7 Å². The maximum atomic E-state index is 4.23. The third kappa shape index (κ3) is 3.05. The van der Waals surface area contributed by atoms with Gasteiger partial charge < -0.3 is 0 Å². The molecule has 1 atom stereocenters. The third-order valence-corrected chi connectivity index (χ3v) is 3.85. The van der Waals surface area contributed by atoms with Crippen molar-refractivity contribution in [2.24, 2.45) is 0 Å². The fraction of sp³-hybridized carbons (Fsp3) is 0.727. The summed E-state index contributed by atoms with van der Waals surface area (Å²) in [7, 11) is 0. The molecular weight excluding hydrogens is 254 g/mol. The van der Waals surface area contributed by atoms with Crippen molar-refractivity contribution in [2.75, 3.05) is 18.4 Å². The second kappa shape index (κ2) is 5.66. The van der Waals surface area contributed by atoms with E-state index in [1.54, 1.807) is 0 Å². The highest BCUT2D eigenvalue weighted by atomic mass is 79.9. The van der Waals surface area contributed by atoms with Gasteiger partial charge in [0.15, 0.2) is 0 Å². The monoisotopic (exact) mass is 271 g/mol. The van der Waals surface area contributed by atoms with Gasteiger partial charge >= 0.3 is 0 Å². The van der Waals surface area contributed by atoms with Gasteiger partial charge in [0.2, 0.25) is 0 Å². The van der Waals surface area contributed by atoms with Crippen LogP contribution in [-0.4, -0.2) is 39.1 Å². The lowest BCUT2D eigenvalue weighted by Crippen LogP contribution is -2.42. The fourth-order valence-electron chi connectivity index (χ4n) is 2.19. The van der Waals surface area contributed by atoms with Gasteiger partial charge in [-0.1, -0.05) is 22.4 Å². The lowest BCUT2D eigenvalue weighted by molar-refractivity contribution is 0.157. The van der Waals surface area contributed by atoms with Crippen molar-refractivity contribution in [3.63, 3.8) is 0 Å². The summed E-state index contributed by atoms with van der Waals surface area (Å²) in [4.78, 5) is 2.58. The van der Waals surface area contributed by atoms with E-state index in [4.69, 9.17) is 0 Å². The molecule has 84 valence electrons. The maximum absolute atomic E-state index is 4.23. The highest BCUT2D eigenvalue weighted by molar-refractivity contribution is 9.09. The molecule has 1 unspecified atom stereocenters. The molecular formula is C11H18BrN3. The van der Waals surface area contributed by atoms with Crippen LogP contribution in [-0.2, 0) is 6.54 Å². The number of aromatic nitrogens is 2. The number of likely N-dealkylation sites (tertiary alicyclic amines) is 1. The first-order valence-electron chi connectivity index (χ1n) is 5.67. The Morgan fingerprint density at radius 2 is 2.27 bits per heavy atom. The van der Waals surface area contributed by atoms with E-state index in [2.05, 4.69) is 25.9 Å². The Hall–Kier alpha value is -0.350. The minimum Gasteiger partial charge on any atom is -0.298 e. The van der Waals surface area contributed by atoms with Gasteiger partial charge in [0.05, 0.1) is 6.54 Å². The Kier molecular flexibility index (Phi) is 4.20. The van der Waals surface area contributed by atoms with Crippen LogP contribution < -0.4 is 0 Å². The lowest BCUT2D eigenvalue weighted by atomic mass is 10.0. The Morgan fingerprint density at radius 3 is 3.00 bits per heavy atom. The van der Waals surface area contributed by atoms with E-state index in [9.17, 15) is 0 Å². The molecule has 1 saturated heterocycles. The van der Waals surface area contributed by atoms with Crippen molar-refractivity contribution in [2.45, 2.75) is 31.8 Å². The molecule has 15 heavy (non-hydrogen) atoms. The standard InChI is InChI=1S/C11H18BrN3/c12-10-11-4-1-2-6-14(11)8-9-15-7-3-5-13-15/h3,5,7,11H,1-2,4,6,8-10H2. The molecule has 3 nitrogen and oxygen atoms in total. The number of nitrogens with zero attached hydrogens (tertiary/aromatic N) is 3. The van der Waals surface area contributed by atoms with Gasteiger partial charge in [-0.05, 0) is 25.5 Å². The average Bonchev–Trinajstić information content (AvgIpc) is 2.79. The van der Waals surface area contributed by atoms with E-state index >= 15 is 0 Å². The van der Waals surface area contributed by atoms with Gasteiger partial charge in [-0.3, -0.25) is 9.58 Å². The summed E-state index contributed by atoms with van der Waals surface area (Å²) >= 11 is 3.61. The summed E-state index contributed by atoms with van der Waals surface area (Å²) in [6.45, 7) is 3.38. The van der Waals surface area contributed by atoms with Crippen LogP contribution in [0.4, 0.5) is 0 Å². The highest BCUT2D eigenvalue weighted by Gasteiger charge is 2.20. The van der Waals surface area contributed by atoms with Gasteiger partial charge in [0.1, 0.15) is 0 Å². The predicted molar refractivity (Wildman–Crippen MR) is 65.2 cm³/mol. The molecule has 0 aromatic carbocycles. The molecule has 0 bridgehead atoms. The van der Waals surface area contributed by atoms with Crippen LogP contribution in [0, 0.1) is 0 Å². The Labute approximate surface area is 99.6 Å². The summed E-state index contributed by atoms with van der Waals surface area (Å²) in [6.07, 6.45) is 7.95. The number of piperidine rings is 1. The average molecular weight is 272 g/mol. The fourth-order valence-corrected chi connectivity index (χ4v) is 2.93. The summed E-state index contributed by atoms with van der Waals surface area (Å²) in [5.74, 6) is 0. The van der Waals surface area contributed by atoms with E-state index in [1.165, 1.54) is 25.8 Å². The van der Waals surface area contributed by atoms with Crippen LogP contribution in [0.2, 0.25) is 0 Å². The molecule has 1 aromatic heterocycles. The second-order valence-corrected chi connectivity index (χ2v) is 4.76. The first-order valence-corrected chi connectivity index (χ1v) is 6.80. The molecule has 1 aliphatic rings. The zero-order valence-electron chi connectivity index (χ0n) is 8.98. The lowest BCUT2D eigenvalue weighted by Gasteiger charge is -2.34. The molecule has 4 heteroatoms. The number of halogens is 1. The summed E-state index contributed by atoms with van der Waals surface area (Å²) in [6, 6.07) is 2.72. The topological polar surface area (TPSA) is 21.1 Å². The second-order valence-electron chi connectivity index (χ2n) is 4.11. The molecule has 1 fully saturated rings. The minimum atomic E-state index is 0.731. The zero-order valence-corrected chi connectivity index (χ0v) is 10.6. The largest absolute Gasteiger partial charge is 0.298 e. The quantitative estimate of drug-likeness (QED) is 0.783. The van der Waals surface area contributed by atoms with Crippen LogP contribution in [0.1, 0.15) is 19.3 Å². The molecule has 0 spiro atoms. The van der Waals surface area contributed by atoms with Crippen LogP contribution in [0.15, 0.2) is 18.5 Å². The molecule has 0 saturated carbocycles. The predicted octanol–water partition coefficient (Wildman–Crippen LogP) is 2.13. The molecule has 0 amide bonds. The van der Waals surface area contributed by atoms with Crippen LogP contribution >= 0.6 is 15.9 Å². The van der Waals surface area contributed by atoms with E-state index in [1.807, 2.05) is 23.1 Å². The maximum Gasteiger partial charge on any atom is 0.0536 e. The van der Waals surface area contributed by atoms with Crippen LogP contribution in [0.5, 0.6) is 0 Å². The van der Waals surface area contributed by atoms with E-state index in [-0.39, 0.29) is 0 Å². The first-order chi connectivity index (χ1) is 7.40. The molecule has 1 aromatic rings. The van der Waals surface area contributed by atoms with Crippen molar-refractivity contribution in [3.8, 4) is 0 Å². The summed E-state index contributed by atoms with van der Waals surface area (Å²) < 4.78 is 2.01. The van der Waals surface area contributed by atoms with E-state index < -0.39 is 0 Å². The van der Waals surface area contributed by atoms with Crippen LogP contribution in [0.3, 0.4) is 0 Å². The van der Waals surface area contributed by atoms with Crippen LogP contribution in [0.25, 0.3) is 0 Å². The molecule has 2 heterocycles. The van der Waals surface area contributed by atoms with Gasteiger partial charge in [0.25, 0.3) is 0 Å². The highest BCUT2D eigenvalue weighted by Crippen LogP contribution is 2.18. The Morgan fingerprint density at radius 1 is 1.33 bits per heavy atom. The van der Waals surface area contributed by atoms with Gasteiger partial charge in [-0.15, -0.1) is 0 Å². The molecule has 0 N–H and O–H groups in total. The van der Waals surface area contributed by atoms with Crippen molar-refractivity contribution < 1.29 is 0 Å². The summed E-state index contributed by atoms with van der Waals surface area (Å²) in [5.41, 5.74) is 0. The number of hydrogen-bond acceptors (Lipinski definition) is 2. The zero-order chi connectivity index (χ0) is 10.5. The molecule has 2 rings (SSSR count). The Bertz CT molecular complexity index is 273. The summed E-state index contributed by atoms with van der Waals surface area (Å²) in [5, 5.41) is 5.33. The van der Waals surface area contributed by atoms with E-state index in [0.29, 0.717) is 0 Å². The van der Waals surface area contributed by atoms with Crippen molar-refractivity contribution in [3.05, 3.63) is 18.5 Å². The molecule has 0 aliphatic carbocycles. The minimum absolute atomic E-state index is 0.731. The van der Waals surface area contributed by atoms with Crippen molar-refractivity contribution >= 4 is 15.9 Å². The normalized spacial score (nSPS) is 23.1. The van der Waals surface area contributed by atoms with Gasteiger partial charge in [-0.2, -0.15) is 5.10 Å². The van der Waals surface area contributed by atoms with Crippen molar-refractivity contribution in [1.29, 1.82) is 0 Å². The Balaban J connectivity index is 1.81.